The SMILES string of the molecule is CCC(C)C1CNC(C(C)C)CN1C/C=C/Cl. The van der Waals surface area contributed by atoms with Gasteiger partial charge in [0, 0.05) is 37.3 Å². The lowest BCUT2D eigenvalue weighted by atomic mass is 9.92. The highest BCUT2D eigenvalue weighted by Crippen LogP contribution is 2.20. The zero-order chi connectivity index (χ0) is 12.8. The fraction of sp³-hybridized carbons (Fsp3) is 0.857. The summed E-state index contributed by atoms with van der Waals surface area (Å²) in [7, 11) is 0. The predicted octanol–water partition coefficient (Wildman–Crippen LogP) is 3.08. The standard InChI is InChI=1S/C14H27ClN2/c1-5-12(4)14-9-16-13(11(2)3)10-17(14)8-6-7-15/h6-7,11-14,16H,5,8-10H2,1-4H3/b7-6+. The van der Waals surface area contributed by atoms with E-state index in [1.165, 1.54) is 6.42 Å². The lowest BCUT2D eigenvalue weighted by molar-refractivity contribution is 0.0903. The third kappa shape index (κ3) is 4.27. The second kappa shape index (κ2) is 7.40. The summed E-state index contributed by atoms with van der Waals surface area (Å²) < 4.78 is 0. The Bertz CT molecular complexity index is 240. The number of nitrogens with zero attached hydrogens (tertiary/aromatic N) is 1. The van der Waals surface area contributed by atoms with E-state index in [2.05, 4.69) is 44.0 Å². The molecule has 0 saturated carbocycles. The van der Waals surface area contributed by atoms with Crippen LogP contribution in [0.15, 0.2) is 11.6 Å². The Balaban J connectivity index is 2.64. The summed E-state index contributed by atoms with van der Waals surface area (Å²) in [5.41, 5.74) is 1.64. The Hall–Kier alpha value is -0.0500. The van der Waals surface area contributed by atoms with E-state index in [1.54, 1.807) is 5.54 Å². The van der Waals surface area contributed by atoms with Gasteiger partial charge in [0.1, 0.15) is 0 Å². The van der Waals surface area contributed by atoms with Gasteiger partial charge in [-0.15, -0.1) is 0 Å². The van der Waals surface area contributed by atoms with E-state index in [-0.39, 0.29) is 0 Å². The Morgan fingerprint density at radius 3 is 2.65 bits per heavy atom. The molecular weight excluding hydrogens is 232 g/mol. The largest absolute Gasteiger partial charge is 0.311 e. The van der Waals surface area contributed by atoms with Gasteiger partial charge in [-0.05, 0) is 11.8 Å². The van der Waals surface area contributed by atoms with Crippen molar-refractivity contribution in [3.63, 3.8) is 0 Å². The first-order valence-electron chi connectivity index (χ1n) is 6.82. The van der Waals surface area contributed by atoms with Crippen molar-refractivity contribution >= 4 is 11.6 Å². The van der Waals surface area contributed by atoms with Gasteiger partial charge in [0.2, 0.25) is 0 Å². The van der Waals surface area contributed by atoms with Crippen LogP contribution in [-0.2, 0) is 0 Å². The molecule has 0 aromatic carbocycles. The normalized spacial score (nSPS) is 29.1. The number of piperazine rings is 1. The summed E-state index contributed by atoms with van der Waals surface area (Å²) in [6.07, 6.45) is 3.29. The van der Waals surface area contributed by atoms with Crippen LogP contribution < -0.4 is 5.32 Å². The molecule has 3 atom stereocenters. The molecule has 0 aliphatic carbocycles. The minimum absolute atomic E-state index is 0.610. The van der Waals surface area contributed by atoms with E-state index in [9.17, 15) is 0 Å². The van der Waals surface area contributed by atoms with Crippen LogP contribution >= 0.6 is 11.6 Å². The summed E-state index contributed by atoms with van der Waals surface area (Å²) in [5.74, 6) is 1.43. The lowest BCUT2D eigenvalue weighted by Crippen LogP contribution is -2.59. The van der Waals surface area contributed by atoms with Gasteiger partial charge in [-0.1, -0.05) is 51.8 Å². The van der Waals surface area contributed by atoms with E-state index in [4.69, 9.17) is 11.6 Å². The van der Waals surface area contributed by atoms with Gasteiger partial charge >= 0.3 is 0 Å². The molecule has 1 heterocycles. The minimum Gasteiger partial charge on any atom is -0.311 e. The maximum absolute atomic E-state index is 5.66. The number of hydrogen-bond acceptors (Lipinski definition) is 2. The van der Waals surface area contributed by atoms with Gasteiger partial charge in [0.15, 0.2) is 0 Å². The molecule has 0 aromatic rings. The molecule has 3 unspecified atom stereocenters. The topological polar surface area (TPSA) is 15.3 Å². The minimum atomic E-state index is 0.610. The maximum atomic E-state index is 5.66. The first-order valence-corrected chi connectivity index (χ1v) is 7.26. The number of hydrogen-bond donors (Lipinski definition) is 1. The number of rotatable bonds is 5. The van der Waals surface area contributed by atoms with Gasteiger partial charge in [-0.3, -0.25) is 4.90 Å². The molecule has 100 valence electrons. The highest BCUT2D eigenvalue weighted by molar-refractivity contribution is 6.25. The molecule has 17 heavy (non-hydrogen) atoms. The van der Waals surface area contributed by atoms with E-state index in [0.717, 1.165) is 25.6 Å². The molecule has 1 aliphatic heterocycles. The van der Waals surface area contributed by atoms with Crippen LogP contribution in [0.1, 0.15) is 34.1 Å². The fourth-order valence-electron chi connectivity index (χ4n) is 2.52. The van der Waals surface area contributed by atoms with Crippen molar-refractivity contribution in [3.05, 3.63) is 11.6 Å². The van der Waals surface area contributed by atoms with Crippen LogP contribution in [0, 0.1) is 11.8 Å². The zero-order valence-corrected chi connectivity index (χ0v) is 12.4. The smallest absolute Gasteiger partial charge is 0.0250 e. The van der Waals surface area contributed by atoms with Crippen molar-refractivity contribution in [2.24, 2.45) is 11.8 Å². The van der Waals surface area contributed by atoms with E-state index in [0.29, 0.717) is 18.0 Å². The molecule has 1 saturated heterocycles. The molecule has 0 amide bonds. The summed E-state index contributed by atoms with van der Waals surface area (Å²) >= 11 is 5.66. The monoisotopic (exact) mass is 258 g/mol. The van der Waals surface area contributed by atoms with E-state index < -0.39 is 0 Å². The summed E-state index contributed by atoms with van der Waals surface area (Å²) in [6.45, 7) is 12.4. The Labute approximate surface area is 111 Å². The summed E-state index contributed by atoms with van der Waals surface area (Å²) in [6, 6.07) is 1.25. The van der Waals surface area contributed by atoms with Crippen molar-refractivity contribution in [1.82, 2.24) is 10.2 Å². The van der Waals surface area contributed by atoms with E-state index >= 15 is 0 Å². The van der Waals surface area contributed by atoms with Crippen LogP contribution in [0.4, 0.5) is 0 Å². The number of halogens is 1. The molecule has 3 heteroatoms. The molecule has 1 N–H and O–H groups in total. The maximum Gasteiger partial charge on any atom is 0.0250 e. The average molecular weight is 259 g/mol. The van der Waals surface area contributed by atoms with Gasteiger partial charge < -0.3 is 5.32 Å². The van der Waals surface area contributed by atoms with Crippen LogP contribution in [0.25, 0.3) is 0 Å². The molecule has 1 aliphatic rings. The van der Waals surface area contributed by atoms with Gasteiger partial charge in [-0.2, -0.15) is 0 Å². The highest BCUT2D eigenvalue weighted by Gasteiger charge is 2.31. The molecule has 1 fully saturated rings. The molecule has 0 spiro atoms. The molecule has 0 radical (unpaired) electrons. The van der Waals surface area contributed by atoms with Gasteiger partial charge in [-0.25, -0.2) is 0 Å². The van der Waals surface area contributed by atoms with Crippen molar-refractivity contribution in [2.75, 3.05) is 19.6 Å². The molecule has 1 rings (SSSR count). The Morgan fingerprint density at radius 1 is 1.41 bits per heavy atom. The Kier molecular flexibility index (Phi) is 6.53. The summed E-state index contributed by atoms with van der Waals surface area (Å²) in [4.78, 5) is 2.58. The lowest BCUT2D eigenvalue weighted by Gasteiger charge is -2.44. The number of nitrogens with one attached hydrogen (secondary N) is 1. The van der Waals surface area contributed by atoms with Crippen molar-refractivity contribution in [3.8, 4) is 0 Å². The second-order valence-electron chi connectivity index (χ2n) is 5.53. The zero-order valence-electron chi connectivity index (χ0n) is 11.6. The first kappa shape index (κ1) is 15.0. The van der Waals surface area contributed by atoms with Gasteiger partial charge in [0.25, 0.3) is 0 Å². The fourth-order valence-corrected chi connectivity index (χ4v) is 2.60. The third-order valence-electron chi connectivity index (χ3n) is 4.02. The van der Waals surface area contributed by atoms with Crippen LogP contribution in [0.2, 0.25) is 0 Å². The quantitative estimate of drug-likeness (QED) is 0.815. The van der Waals surface area contributed by atoms with Crippen molar-refractivity contribution < 1.29 is 0 Å². The van der Waals surface area contributed by atoms with Crippen LogP contribution in [0.3, 0.4) is 0 Å². The summed E-state index contributed by atoms with van der Waals surface area (Å²) in [5, 5.41) is 3.69. The van der Waals surface area contributed by atoms with Crippen LogP contribution in [-0.4, -0.2) is 36.6 Å². The van der Waals surface area contributed by atoms with Crippen molar-refractivity contribution in [1.29, 1.82) is 0 Å². The van der Waals surface area contributed by atoms with E-state index in [1.807, 2.05) is 0 Å². The first-order chi connectivity index (χ1) is 8.10. The van der Waals surface area contributed by atoms with Crippen molar-refractivity contribution in [2.45, 2.75) is 46.2 Å². The molecule has 2 nitrogen and oxygen atoms in total. The van der Waals surface area contributed by atoms with Gasteiger partial charge in [0.05, 0.1) is 0 Å². The second-order valence-corrected chi connectivity index (χ2v) is 5.78. The highest BCUT2D eigenvalue weighted by atomic mass is 35.5. The average Bonchev–Trinajstić information content (AvgIpc) is 2.34. The predicted molar refractivity (Wildman–Crippen MR) is 76.4 cm³/mol. The molecule has 0 bridgehead atoms. The van der Waals surface area contributed by atoms with Crippen LogP contribution in [0.5, 0.6) is 0 Å². The third-order valence-corrected chi connectivity index (χ3v) is 4.20. The Morgan fingerprint density at radius 2 is 2.12 bits per heavy atom. The molecule has 0 aromatic heterocycles. The molecular formula is C14H27ClN2.